The molecule has 5 nitrogen and oxygen atoms in total. The Morgan fingerprint density at radius 3 is 2.86 bits per heavy atom. The third kappa shape index (κ3) is 2.26. The Morgan fingerprint density at radius 2 is 2.24 bits per heavy atom. The van der Waals surface area contributed by atoms with E-state index in [1.54, 1.807) is 13.0 Å². The minimum atomic E-state index is -0.563. The van der Waals surface area contributed by atoms with Crippen molar-refractivity contribution in [2.24, 2.45) is 5.73 Å². The number of rotatable bonds is 1. The van der Waals surface area contributed by atoms with Crippen LogP contribution in [0, 0.1) is 18.3 Å². The molecule has 2 aromatic rings. The highest BCUT2D eigenvalue weighted by Crippen LogP contribution is 2.43. The Morgan fingerprint density at radius 1 is 1.48 bits per heavy atom. The Kier molecular flexibility index (Phi) is 3.35. The molecule has 7 heteroatoms. The molecule has 2 N–H and O–H groups in total. The average Bonchev–Trinajstić information content (AvgIpc) is 2.83. The summed E-state index contributed by atoms with van der Waals surface area (Å²) in [7, 11) is 0. The Hall–Kier alpha value is -2.04. The van der Waals surface area contributed by atoms with E-state index in [1.807, 2.05) is 18.2 Å². The Balaban J connectivity index is 2.31. The fourth-order valence-corrected chi connectivity index (χ4v) is 3.83. The van der Waals surface area contributed by atoms with Gasteiger partial charge in [-0.3, -0.25) is 0 Å². The van der Waals surface area contributed by atoms with Crippen molar-refractivity contribution >= 4 is 27.3 Å². The summed E-state index contributed by atoms with van der Waals surface area (Å²) in [4.78, 5) is 13.0. The molecular formula is C14H9BrN2O3S. The van der Waals surface area contributed by atoms with Crippen LogP contribution in [0.2, 0.25) is 0 Å². The summed E-state index contributed by atoms with van der Waals surface area (Å²) < 4.78 is 11.5. The maximum Gasteiger partial charge on any atom is 0.343 e. The topological polar surface area (TPSA) is 89.2 Å². The van der Waals surface area contributed by atoms with Gasteiger partial charge in [0.05, 0.1) is 15.3 Å². The lowest BCUT2D eigenvalue weighted by Crippen LogP contribution is -2.25. The number of nitriles is 1. The maximum atomic E-state index is 12.2. The van der Waals surface area contributed by atoms with E-state index >= 15 is 0 Å². The van der Waals surface area contributed by atoms with Crippen molar-refractivity contribution in [1.82, 2.24) is 0 Å². The van der Waals surface area contributed by atoms with E-state index in [0.717, 1.165) is 8.66 Å². The first-order chi connectivity index (χ1) is 10.0. The van der Waals surface area contributed by atoms with Crippen LogP contribution in [0.5, 0.6) is 5.75 Å². The van der Waals surface area contributed by atoms with E-state index in [1.165, 1.54) is 11.3 Å². The van der Waals surface area contributed by atoms with Crippen molar-refractivity contribution in [2.45, 2.75) is 12.8 Å². The Labute approximate surface area is 132 Å². The van der Waals surface area contributed by atoms with Crippen molar-refractivity contribution in [2.75, 3.05) is 0 Å². The first kappa shape index (κ1) is 13.9. The van der Waals surface area contributed by atoms with Gasteiger partial charge >= 0.3 is 5.63 Å². The molecule has 0 spiro atoms. The van der Waals surface area contributed by atoms with Crippen molar-refractivity contribution in [3.63, 3.8) is 0 Å². The predicted octanol–water partition coefficient (Wildman–Crippen LogP) is 2.99. The average molecular weight is 365 g/mol. The van der Waals surface area contributed by atoms with Gasteiger partial charge in [-0.25, -0.2) is 4.79 Å². The minimum Gasteiger partial charge on any atom is -0.440 e. The van der Waals surface area contributed by atoms with Crippen molar-refractivity contribution < 1.29 is 9.15 Å². The molecule has 1 atom stereocenters. The quantitative estimate of drug-likeness (QED) is 0.839. The second-order valence-corrected chi connectivity index (χ2v) is 6.98. The number of ether oxygens (including phenoxy) is 1. The third-order valence-electron chi connectivity index (χ3n) is 3.14. The summed E-state index contributed by atoms with van der Waals surface area (Å²) >= 11 is 4.81. The van der Waals surface area contributed by atoms with Crippen LogP contribution in [0.4, 0.5) is 0 Å². The second-order valence-electron chi connectivity index (χ2n) is 4.49. The smallest absolute Gasteiger partial charge is 0.343 e. The molecule has 2 aromatic heterocycles. The fraction of sp³-hybridized carbons (Fsp3) is 0.143. The predicted molar refractivity (Wildman–Crippen MR) is 81.0 cm³/mol. The van der Waals surface area contributed by atoms with Gasteiger partial charge in [-0.2, -0.15) is 5.26 Å². The Bertz CT molecular complexity index is 860. The van der Waals surface area contributed by atoms with Crippen LogP contribution in [-0.4, -0.2) is 0 Å². The standard InChI is InChI=1S/C14H9BrN2O3S/c1-6-4-8-12(14(18)19-6)11(7(5-16)13(17)20-8)9-2-3-10(15)21-9/h2-4,11H,17H2,1H3. The maximum absolute atomic E-state index is 12.2. The van der Waals surface area contributed by atoms with E-state index in [9.17, 15) is 10.1 Å². The molecule has 1 aliphatic rings. The minimum absolute atomic E-state index is 0.0181. The number of hydrogen-bond acceptors (Lipinski definition) is 6. The number of nitrogens with two attached hydrogens (primary N) is 1. The first-order valence-electron chi connectivity index (χ1n) is 5.98. The molecular weight excluding hydrogens is 356 g/mol. The van der Waals surface area contributed by atoms with Crippen LogP contribution in [0.3, 0.4) is 0 Å². The van der Waals surface area contributed by atoms with E-state index in [2.05, 4.69) is 15.9 Å². The molecule has 0 bridgehead atoms. The zero-order valence-electron chi connectivity index (χ0n) is 10.8. The first-order valence-corrected chi connectivity index (χ1v) is 7.59. The highest BCUT2D eigenvalue weighted by molar-refractivity contribution is 9.11. The van der Waals surface area contributed by atoms with Gasteiger partial charge in [-0.1, -0.05) is 0 Å². The summed E-state index contributed by atoms with van der Waals surface area (Å²) in [6, 6.07) is 7.34. The van der Waals surface area contributed by atoms with Crippen LogP contribution >= 0.6 is 27.3 Å². The van der Waals surface area contributed by atoms with Crippen molar-refractivity contribution in [1.29, 1.82) is 5.26 Å². The normalized spacial score (nSPS) is 17.1. The molecule has 3 rings (SSSR count). The molecule has 0 amide bonds. The third-order valence-corrected chi connectivity index (χ3v) is 4.82. The lowest BCUT2D eigenvalue weighted by molar-refractivity contribution is 0.372. The van der Waals surface area contributed by atoms with Crippen LogP contribution in [-0.2, 0) is 0 Å². The van der Waals surface area contributed by atoms with Crippen LogP contribution in [0.1, 0.15) is 22.1 Å². The molecule has 0 fully saturated rings. The number of hydrogen-bond donors (Lipinski definition) is 1. The number of nitrogens with zero attached hydrogens (tertiary/aromatic N) is 1. The van der Waals surface area contributed by atoms with Gasteiger partial charge < -0.3 is 14.9 Å². The number of halogens is 1. The van der Waals surface area contributed by atoms with Gasteiger partial charge in [0.1, 0.15) is 23.2 Å². The molecule has 0 aliphatic carbocycles. The molecule has 3 heterocycles. The highest BCUT2D eigenvalue weighted by Gasteiger charge is 2.35. The van der Waals surface area contributed by atoms with Gasteiger partial charge in [0, 0.05) is 10.9 Å². The monoisotopic (exact) mass is 364 g/mol. The molecule has 106 valence electrons. The van der Waals surface area contributed by atoms with Gasteiger partial charge in [-0.15, -0.1) is 11.3 Å². The summed E-state index contributed by atoms with van der Waals surface area (Å²) in [5.74, 6) is 0.226. The van der Waals surface area contributed by atoms with Gasteiger partial charge in [0.25, 0.3) is 0 Å². The summed E-state index contributed by atoms with van der Waals surface area (Å²) in [6.07, 6.45) is 0. The van der Waals surface area contributed by atoms with Gasteiger partial charge in [0.2, 0.25) is 5.88 Å². The SMILES string of the molecule is Cc1cc2c(c(=O)o1)C(c1ccc(Br)s1)C(C#N)=C(N)O2. The number of fused-ring (bicyclic) bond motifs is 1. The lowest BCUT2D eigenvalue weighted by Gasteiger charge is -2.24. The zero-order valence-corrected chi connectivity index (χ0v) is 13.2. The molecule has 0 radical (unpaired) electrons. The molecule has 0 aromatic carbocycles. The van der Waals surface area contributed by atoms with Gasteiger partial charge in [0.15, 0.2) is 0 Å². The fourth-order valence-electron chi connectivity index (χ4n) is 2.29. The highest BCUT2D eigenvalue weighted by atomic mass is 79.9. The zero-order chi connectivity index (χ0) is 15.1. The van der Waals surface area contributed by atoms with Crippen LogP contribution < -0.4 is 16.1 Å². The molecule has 21 heavy (non-hydrogen) atoms. The molecule has 0 saturated heterocycles. The molecule has 1 unspecified atom stereocenters. The van der Waals surface area contributed by atoms with E-state index < -0.39 is 11.5 Å². The number of allylic oxidation sites excluding steroid dienone is 1. The van der Waals surface area contributed by atoms with E-state index in [0.29, 0.717) is 17.1 Å². The second kappa shape index (κ2) is 5.06. The van der Waals surface area contributed by atoms with Crippen molar-refractivity contribution in [3.8, 4) is 11.8 Å². The van der Waals surface area contributed by atoms with Crippen LogP contribution in [0.25, 0.3) is 0 Å². The molecule has 1 aliphatic heterocycles. The van der Waals surface area contributed by atoms with Crippen molar-refractivity contribution in [3.05, 3.63) is 60.1 Å². The lowest BCUT2D eigenvalue weighted by atomic mass is 9.89. The molecule has 0 saturated carbocycles. The van der Waals surface area contributed by atoms with E-state index in [-0.39, 0.29) is 11.5 Å². The summed E-state index contributed by atoms with van der Waals surface area (Å²) in [5.41, 5.74) is 5.84. The largest absolute Gasteiger partial charge is 0.440 e. The summed E-state index contributed by atoms with van der Waals surface area (Å²) in [6.45, 7) is 1.65. The number of thiophene rings is 1. The van der Waals surface area contributed by atoms with E-state index in [4.69, 9.17) is 14.9 Å². The van der Waals surface area contributed by atoms with Gasteiger partial charge in [-0.05, 0) is 35.0 Å². The summed E-state index contributed by atoms with van der Waals surface area (Å²) in [5, 5.41) is 9.36. The van der Waals surface area contributed by atoms with Crippen LogP contribution in [0.15, 0.2) is 42.7 Å². The number of aryl methyl sites for hydroxylation is 1.